The minimum Gasteiger partial charge on any atom is -0.288 e. The smallest absolute Gasteiger partial charge is 0.261 e. The quantitative estimate of drug-likeness (QED) is 0.707. The van der Waals surface area contributed by atoms with Crippen LogP contribution >= 0.6 is 11.8 Å². The monoisotopic (exact) mass is 413 g/mol. The molecule has 0 spiro atoms. The van der Waals surface area contributed by atoms with E-state index in [2.05, 4.69) is 11.9 Å². The molecule has 0 saturated heterocycles. The lowest BCUT2D eigenvalue weighted by Gasteiger charge is -2.34. The van der Waals surface area contributed by atoms with Gasteiger partial charge in [0.1, 0.15) is 0 Å². The Morgan fingerprint density at radius 2 is 1.90 bits per heavy atom. The fourth-order valence-electron chi connectivity index (χ4n) is 4.34. The lowest BCUT2D eigenvalue weighted by atomic mass is 9.94. The van der Waals surface area contributed by atoms with Crippen molar-refractivity contribution in [1.82, 2.24) is 9.80 Å². The maximum absolute atomic E-state index is 13.2. The third-order valence-electron chi connectivity index (χ3n) is 5.88. The molecule has 1 atom stereocenters. The summed E-state index contributed by atoms with van der Waals surface area (Å²) in [4.78, 5) is 46.3. The van der Waals surface area contributed by atoms with Gasteiger partial charge >= 0.3 is 0 Å². The van der Waals surface area contributed by atoms with Gasteiger partial charge in [-0.1, -0.05) is 49.6 Å². The number of amides is 3. The Balaban J connectivity index is 1.47. The van der Waals surface area contributed by atoms with Gasteiger partial charge in [-0.05, 0) is 31.9 Å². The second kappa shape index (κ2) is 8.30. The van der Waals surface area contributed by atoms with Gasteiger partial charge in [-0.25, -0.2) is 0 Å². The van der Waals surface area contributed by atoms with E-state index in [1.807, 2.05) is 17.9 Å². The Morgan fingerprint density at radius 3 is 2.59 bits per heavy atom. The second-order valence-electron chi connectivity index (χ2n) is 8.17. The van der Waals surface area contributed by atoms with Crippen molar-refractivity contribution in [2.45, 2.75) is 63.7 Å². The molecule has 1 aromatic rings. The fraction of sp³-hybridized carbons (Fsp3) is 0.545. The molecular formula is C22H27N3O3S. The minimum absolute atomic E-state index is 0.0370. The molecule has 3 aliphatic rings. The molecule has 1 aliphatic carbocycles. The van der Waals surface area contributed by atoms with E-state index in [4.69, 9.17) is 0 Å². The summed E-state index contributed by atoms with van der Waals surface area (Å²) < 4.78 is 0. The number of hydrogen-bond donors (Lipinski definition) is 0. The van der Waals surface area contributed by atoms with Crippen LogP contribution in [0.5, 0.6) is 0 Å². The normalized spacial score (nSPS) is 22.1. The summed E-state index contributed by atoms with van der Waals surface area (Å²) >= 11 is 1.65. The van der Waals surface area contributed by atoms with Gasteiger partial charge in [0.2, 0.25) is 5.91 Å². The summed E-state index contributed by atoms with van der Waals surface area (Å²) in [6.07, 6.45) is 5.58. The van der Waals surface area contributed by atoms with Crippen LogP contribution in [0.25, 0.3) is 0 Å². The first kappa shape index (κ1) is 20.1. The molecule has 154 valence electrons. The number of carbonyl (C=O) groups excluding carboxylic acids is 3. The van der Waals surface area contributed by atoms with Gasteiger partial charge in [-0.3, -0.25) is 29.2 Å². The molecule has 1 aromatic carbocycles. The van der Waals surface area contributed by atoms with Crippen LogP contribution in [0.4, 0.5) is 0 Å². The topological polar surface area (TPSA) is 70.1 Å². The van der Waals surface area contributed by atoms with E-state index in [1.165, 1.54) is 11.3 Å². The van der Waals surface area contributed by atoms with Gasteiger partial charge in [0.25, 0.3) is 11.8 Å². The number of hydrogen-bond acceptors (Lipinski definition) is 5. The largest absolute Gasteiger partial charge is 0.288 e. The molecule has 0 N–H and O–H groups in total. The molecule has 2 aliphatic heterocycles. The average molecular weight is 414 g/mol. The Labute approximate surface area is 175 Å². The minimum atomic E-state index is -0.303. The van der Waals surface area contributed by atoms with Crippen molar-refractivity contribution in [1.29, 1.82) is 0 Å². The summed E-state index contributed by atoms with van der Waals surface area (Å²) in [6.45, 7) is 4.86. The van der Waals surface area contributed by atoms with Crippen LogP contribution in [-0.4, -0.2) is 57.1 Å². The number of fused-ring (bicyclic) bond motifs is 1. The van der Waals surface area contributed by atoms with E-state index in [1.54, 1.807) is 23.9 Å². The number of imide groups is 1. The molecule has 7 heteroatoms. The number of nitrogens with zero attached hydrogens (tertiary/aromatic N) is 3. The highest BCUT2D eigenvalue weighted by atomic mass is 32.2. The van der Waals surface area contributed by atoms with Crippen LogP contribution in [0.3, 0.4) is 0 Å². The molecule has 4 rings (SSSR count). The summed E-state index contributed by atoms with van der Waals surface area (Å²) in [6, 6.07) is 5.46. The molecule has 0 aromatic heterocycles. The summed E-state index contributed by atoms with van der Waals surface area (Å²) in [5.41, 5.74) is 1.81. The predicted molar refractivity (Wildman–Crippen MR) is 114 cm³/mol. The number of thioether (sulfide) groups is 1. The zero-order valence-electron chi connectivity index (χ0n) is 17.0. The van der Waals surface area contributed by atoms with E-state index in [0.717, 1.165) is 43.0 Å². The number of aryl methyl sites for hydroxylation is 1. The molecular weight excluding hydrogens is 386 g/mol. The van der Waals surface area contributed by atoms with Gasteiger partial charge in [0.15, 0.2) is 5.17 Å². The number of carbonyl (C=O) groups is 3. The van der Waals surface area contributed by atoms with Crippen LogP contribution in [0.1, 0.15) is 71.7 Å². The Hall–Kier alpha value is -2.15. The number of benzene rings is 1. The maximum Gasteiger partial charge on any atom is 0.261 e. The van der Waals surface area contributed by atoms with Gasteiger partial charge in [0, 0.05) is 24.3 Å². The van der Waals surface area contributed by atoms with Crippen molar-refractivity contribution in [2.24, 2.45) is 4.99 Å². The molecule has 1 fully saturated rings. The van der Waals surface area contributed by atoms with Crippen molar-refractivity contribution in [3.8, 4) is 0 Å². The Kier molecular flexibility index (Phi) is 5.76. The van der Waals surface area contributed by atoms with Crippen LogP contribution in [0.15, 0.2) is 23.2 Å². The van der Waals surface area contributed by atoms with Crippen molar-refractivity contribution in [3.63, 3.8) is 0 Å². The SMILES string of the molecule is Cc1ccc2c(c1)C(=O)N(CCC(=O)N(C1=NC[C@H](C)S1)C1CCCCC1)C2=O. The van der Waals surface area contributed by atoms with Crippen LogP contribution in [-0.2, 0) is 4.79 Å². The highest BCUT2D eigenvalue weighted by Gasteiger charge is 2.37. The van der Waals surface area contributed by atoms with Gasteiger partial charge in [-0.15, -0.1) is 0 Å². The summed E-state index contributed by atoms with van der Waals surface area (Å²) in [7, 11) is 0. The Bertz CT molecular complexity index is 876. The zero-order valence-corrected chi connectivity index (χ0v) is 17.8. The zero-order chi connectivity index (χ0) is 20.5. The van der Waals surface area contributed by atoms with Gasteiger partial charge in [-0.2, -0.15) is 0 Å². The molecule has 6 nitrogen and oxygen atoms in total. The third kappa shape index (κ3) is 3.97. The second-order valence-corrected chi connectivity index (χ2v) is 9.57. The molecule has 1 saturated carbocycles. The number of rotatable bonds is 4. The van der Waals surface area contributed by atoms with E-state index in [9.17, 15) is 14.4 Å². The predicted octanol–water partition coefficient (Wildman–Crippen LogP) is 3.63. The van der Waals surface area contributed by atoms with E-state index >= 15 is 0 Å². The highest BCUT2D eigenvalue weighted by Crippen LogP contribution is 2.31. The van der Waals surface area contributed by atoms with E-state index in [0.29, 0.717) is 16.4 Å². The number of amidine groups is 1. The van der Waals surface area contributed by atoms with Crippen molar-refractivity contribution in [3.05, 3.63) is 34.9 Å². The first-order valence-corrected chi connectivity index (χ1v) is 11.3. The highest BCUT2D eigenvalue weighted by molar-refractivity contribution is 8.14. The van der Waals surface area contributed by atoms with Gasteiger partial charge in [0.05, 0.1) is 17.7 Å². The molecule has 0 bridgehead atoms. The lowest BCUT2D eigenvalue weighted by Crippen LogP contribution is -2.45. The van der Waals surface area contributed by atoms with Crippen LogP contribution in [0, 0.1) is 6.92 Å². The van der Waals surface area contributed by atoms with Crippen molar-refractivity contribution in [2.75, 3.05) is 13.1 Å². The number of aliphatic imine (C=N–C) groups is 1. The summed E-state index contributed by atoms with van der Waals surface area (Å²) in [5.74, 6) is -0.639. The van der Waals surface area contributed by atoms with Crippen LogP contribution in [0.2, 0.25) is 0 Å². The van der Waals surface area contributed by atoms with Gasteiger partial charge < -0.3 is 0 Å². The average Bonchev–Trinajstić information content (AvgIpc) is 3.23. The fourth-order valence-corrected chi connectivity index (χ4v) is 5.36. The maximum atomic E-state index is 13.2. The lowest BCUT2D eigenvalue weighted by molar-refractivity contribution is -0.129. The molecule has 0 unspecified atom stereocenters. The first-order chi connectivity index (χ1) is 14.0. The molecule has 0 radical (unpaired) electrons. The van der Waals surface area contributed by atoms with Crippen molar-refractivity contribution < 1.29 is 14.4 Å². The molecule has 3 amide bonds. The summed E-state index contributed by atoms with van der Waals surface area (Å²) in [5, 5.41) is 1.19. The standard InChI is InChI=1S/C22H27N3O3S/c1-14-8-9-17-18(12-14)21(28)24(20(17)27)11-10-19(26)25(16-6-4-3-5-7-16)22-23-13-15(2)29-22/h8-9,12,15-16H,3-7,10-11,13H2,1-2H3/t15-/m0/s1. The Morgan fingerprint density at radius 1 is 1.17 bits per heavy atom. The van der Waals surface area contributed by atoms with E-state index in [-0.39, 0.29) is 36.7 Å². The van der Waals surface area contributed by atoms with Crippen molar-refractivity contribution >= 4 is 34.7 Å². The van der Waals surface area contributed by atoms with Crippen LogP contribution < -0.4 is 0 Å². The molecule has 2 heterocycles. The third-order valence-corrected chi connectivity index (χ3v) is 6.97. The first-order valence-electron chi connectivity index (χ1n) is 10.5. The van der Waals surface area contributed by atoms with E-state index < -0.39 is 0 Å². The molecule has 29 heavy (non-hydrogen) atoms.